The molecular weight excluding hydrogens is 268 g/mol. The van der Waals surface area contributed by atoms with Crippen LogP contribution in [0.15, 0.2) is 27.4 Å². The Morgan fingerprint density at radius 1 is 1.24 bits per heavy atom. The summed E-state index contributed by atoms with van der Waals surface area (Å²) in [6.07, 6.45) is 4.22. The molecule has 1 saturated heterocycles. The maximum atomic E-state index is 12.1. The Balaban J connectivity index is 1.75. The second-order valence-corrected chi connectivity index (χ2v) is 5.91. The minimum absolute atomic E-state index is 0.0202. The Labute approximate surface area is 122 Å². The largest absolute Gasteiger partial charge is 0.488 e. The van der Waals surface area contributed by atoms with Gasteiger partial charge in [-0.3, -0.25) is 0 Å². The van der Waals surface area contributed by atoms with E-state index in [2.05, 4.69) is 0 Å². The standard InChI is InChI=1S/C17H18O4/c1-10(16-9-19-16)20-11-6-7-13-12-4-2-3-5-14(12)17(18)21-15(13)8-11/h6-8,10,16H,2-5,9H2,1H3. The topological polar surface area (TPSA) is 52.0 Å². The monoisotopic (exact) mass is 286 g/mol. The van der Waals surface area contributed by atoms with Crippen LogP contribution in [-0.2, 0) is 17.6 Å². The highest BCUT2D eigenvalue weighted by atomic mass is 16.6. The fourth-order valence-electron chi connectivity index (χ4n) is 3.12. The third-order valence-corrected chi connectivity index (χ3v) is 4.40. The molecule has 1 aromatic carbocycles. The molecule has 1 aliphatic carbocycles. The van der Waals surface area contributed by atoms with Crippen molar-refractivity contribution in [2.24, 2.45) is 0 Å². The first-order chi connectivity index (χ1) is 10.2. The van der Waals surface area contributed by atoms with Crippen LogP contribution in [0.3, 0.4) is 0 Å². The minimum atomic E-state index is -0.187. The molecule has 0 bridgehead atoms. The molecular formula is C17H18O4. The SMILES string of the molecule is CC(Oc1ccc2c3c(c(=O)oc2c1)CCCC3)C1CO1. The van der Waals surface area contributed by atoms with Crippen molar-refractivity contribution >= 4 is 11.0 Å². The van der Waals surface area contributed by atoms with Crippen LogP contribution in [0.2, 0.25) is 0 Å². The number of fused-ring (bicyclic) bond motifs is 3. The summed E-state index contributed by atoms with van der Waals surface area (Å²) in [4.78, 5) is 12.1. The van der Waals surface area contributed by atoms with Crippen LogP contribution in [0.4, 0.5) is 0 Å². The first-order valence-corrected chi connectivity index (χ1v) is 7.59. The lowest BCUT2D eigenvalue weighted by Crippen LogP contribution is -2.19. The molecule has 0 amide bonds. The predicted molar refractivity (Wildman–Crippen MR) is 79.0 cm³/mol. The molecule has 4 heteroatoms. The predicted octanol–water partition coefficient (Wildman–Crippen LogP) is 2.84. The third kappa shape index (κ3) is 2.33. The van der Waals surface area contributed by atoms with Gasteiger partial charge in [0.25, 0.3) is 0 Å². The van der Waals surface area contributed by atoms with E-state index in [1.165, 1.54) is 0 Å². The van der Waals surface area contributed by atoms with Crippen LogP contribution in [0.25, 0.3) is 11.0 Å². The van der Waals surface area contributed by atoms with E-state index in [4.69, 9.17) is 13.9 Å². The van der Waals surface area contributed by atoms with Crippen molar-refractivity contribution in [2.45, 2.75) is 44.8 Å². The molecule has 1 aromatic heterocycles. The lowest BCUT2D eigenvalue weighted by atomic mass is 9.91. The lowest BCUT2D eigenvalue weighted by Gasteiger charge is -2.17. The average molecular weight is 286 g/mol. The smallest absolute Gasteiger partial charge is 0.339 e. The quantitative estimate of drug-likeness (QED) is 0.643. The van der Waals surface area contributed by atoms with Gasteiger partial charge < -0.3 is 13.9 Å². The average Bonchev–Trinajstić information content (AvgIpc) is 3.32. The molecule has 1 aliphatic heterocycles. The summed E-state index contributed by atoms with van der Waals surface area (Å²) in [6, 6.07) is 5.79. The summed E-state index contributed by atoms with van der Waals surface area (Å²) in [5.74, 6) is 0.726. The first-order valence-electron chi connectivity index (χ1n) is 7.59. The van der Waals surface area contributed by atoms with Gasteiger partial charge in [-0.2, -0.15) is 0 Å². The molecule has 0 N–H and O–H groups in total. The van der Waals surface area contributed by atoms with Gasteiger partial charge in [-0.1, -0.05) is 0 Å². The van der Waals surface area contributed by atoms with Crippen molar-refractivity contribution in [1.29, 1.82) is 0 Å². The van der Waals surface area contributed by atoms with Gasteiger partial charge >= 0.3 is 5.63 Å². The normalized spacial score (nSPS) is 21.9. The summed E-state index contributed by atoms with van der Waals surface area (Å²) < 4.78 is 16.6. The van der Waals surface area contributed by atoms with E-state index in [1.807, 2.05) is 25.1 Å². The van der Waals surface area contributed by atoms with Crippen molar-refractivity contribution in [1.82, 2.24) is 0 Å². The van der Waals surface area contributed by atoms with Crippen molar-refractivity contribution in [3.63, 3.8) is 0 Å². The summed E-state index contributed by atoms with van der Waals surface area (Å²) in [6.45, 7) is 2.75. The maximum absolute atomic E-state index is 12.1. The van der Waals surface area contributed by atoms with Gasteiger partial charge in [0.1, 0.15) is 23.5 Å². The third-order valence-electron chi connectivity index (χ3n) is 4.40. The zero-order chi connectivity index (χ0) is 14.4. The van der Waals surface area contributed by atoms with Gasteiger partial charge in [0.15, 0.2) is 0 Å². The Kier molecular flexibility index (Phi) is 3.00. The summed E-state index contributed by atoms with van der Waals surface area (Å²) in [5, 5.41) is 1.05. The summed E-state index contributed by atoms with van der Waals surface area (Å²) in [7, 11) is 0. The number of ether oxygens (including phenoxy) is 2. The summed E-state index contributed by atoms with van der Waals surface area (Å²) >= 11 is 0. The van der Waals surface area contributed by atoms with Crippen molar-refractivity contribution < 1.29 is 13.9 Å². The second kappa shape index (κ2) is 4.88. The van der Waals surface area contributed by atoms with Crippen molar-refractivity contribution in [2.75, 3.05) is 6.61 Å². The van der Waals surface area contributed by atoms with Crippen LogP contribution in [0, 0.1) is 0 Å². The van der Waals surface area contributed by atoms with Gasteiger partial charge in [0.05, 0.1) is 6.61 Å². The first kappa shape index (κ1) is 12.9. The van der Waals surface area contributed by atoms with Gasteiger partial charge in [0, 0.05) is 17.0 Å². The highest BCUT2D eigenvalue weighted by Crippen LogP contribution is 2.30. The molecule has 110 valence electrons. The maximum Gasteiger partial charge on any atom is 0.339 e. The number of hydrogen-bond acceptors (Lipinski definition) is 4. The highest BCUT2D eigenvalue weighted by Gasteiger charge is 2.31. The van der Waals surface area contributed by atoms with Crippen LogP contribution in [0.1, 0.15) is 30.9 Å². The van der Waals surface area contributed by atoms with Crippen molar-refractivity contribution in [3.05, 3.63) is 39.7 Å². The van der Waals surface area contributed by atoms with E-state index in [0.29, 0.717) is 5.58 Å². The van der Waals surface area contributed by atoms with Gasteiger partial charge in [-0.25, -0.2) is 4.79 Å². The molecule has 2 aromatic rings. The van der Waals surface area contributed by atoms with E-state index in [0.717, 1.165) is 54.6 Å². The van der Waals surface area contributed by atoms with Crippen LogP contribution in [-0.4, -0.2) is 18.8 Å². The molecule has 2 unspecified atom stereocenters. The van der Waals surface area contributed by atoms with Crippen LogP contribution >= 0.6 is 0 Å². The molecule has 21 heavy (non-hydrogen) atoms. The van der Waals surface area contributed by atoms with Crippen LogP contribution < -0.4 is 10.4 Å². The zero-order valence-corrected chi connectivity index (χ0v) is 12.1. The van der Waals surface area contributed by atoms with Gasteiger partial charge in [-0.15, -0.1) is 0 Å². The number of epoxide rings is 1. The molecule has 4 rings (SSSR count). The molecule has 4 nitrogen and oxygen atoms in total. The zero-order valence-electron chi connectivity index (χ0n) is 12.1. The molecule has 1 fully saturated rings. The van der Waals surface area contributed by atoms with E-state index >= 15 is 0 Å². The fourth-order valence-corrected chi connectivity index (χ4v) is 3.12. The molecule has 0 radical (unpaired) electrons. The Morgan fingerprint density at radius 2 is 2.00 bits per heavy atom. The Hall–Kier alpha value is -1.81. The molecule has 2 atom stereocenters. The number of rotatable bonds is 3. The second-order valence-electron chi connectivity index (χ2n) is 5.91. The van der Waals surface area contributed by atoms with E-state index in [1.54, 1.807) is 0 Å². The molecule has 0 saturated carbocycles. The molecule has 2 heterocycles. The number of hydrogen-bond donors (Lipinski definition) is 0. The molecule has 2 aliphatic rings. The lowest BCUT2D eigenvalue weighted by molar-refractivity contribution is 0.176. The Bertz CT molecular complexity index is 742. The van der Waals surface area contributed by atoms with Crippen LogP contribution in [0.5, 0.6) is 5.75 Å². The highest BCUT2D eigenvalue weighted by molar-refractivity contribution is 5.82. The molecule has 0 spiro atoms. The number of benzene rings is 1. The Morgan fingerprint density at radius 3 is 2.76 bits per heavy atom. The fraction of sp³-hybridized carbons (Fsp3) is 0.471. The van der Waals surface area contributed by atoms with E-state index in [-0.39, 0.29) is 17.8 Å². The van der Waals surface area contributed by atoms with E-state index in [9.17, 15) is 4.79 Å². The van der Waals surface area contributed by atoms with Crippen molar-refractivity contribution in [3.8, 4) is 5.75 Å². The number of aryl methyl sites for hydroxylation is 1. The summed E-state index contributed by atoms with van der Waals surface area (Å²) in [5.41, 5.74) is 2.47. The minimum Gasteiger partial charge on any atom is -0.488 e. The van der Waals surface area contributed by atoms with Gasteiger partial charge in [0.2, 0.25) is 0 Å². The van der Waals surface area contributed by atoms with Gasteiger partial charge in [-0.05, 0) is 50.3 Å². The van der Waals surface area contributed by atoms with E-state index < -0.39 is 0 Å².